The quantitative estimate of drug-likeness (QED) is 0.885. The predicted molar refractivity (Wildman–Crippen MR) is 97.9 cm³/mol. The van der Waals surface area contributed by atoms with Gasteiger partial charge in [-0.1, -0.05) is 6.07 Å². The van der Waals surface area contributed by atoms with Crippen LogP contribution in [0.15, 0.2) is 23.2 Å². The number of methoxy groups -OCH3 is 3. The monoisotopic (exact) mass is 355 g/mol. The minimum Gasteiger partial charge on any atom is -0.504 e. The zero-order valence-corrected chi connectivity index (χ0v) is 15.2. The molecule has 0 saturated heterocycles. The Morgan fingerprint density at radius 2 is 1.77 bits per heavy atom. The number of hydrogen-bond acceptors (Lipinski definition) is 6. The normalized spacial score (nSPS) is 20.0. The SMILES string of the molecule is COc1ccc2c(c1)[C@@](C)(O)C1=NCCc3c(OC)c(OC)c(O)c-2c31. The fourth-order valence-electron chi connectivity index (χ4n) is 4.06. The molecule has 1 heterocycles. The largest absolute Gasteiger partial charge is 0.504 e. The number of benzene rings is 2. The van der Waals surface area contributed by atoms with Crippen LogP contribution in [0.25, 0.3) is 11.1 Å². The van der Waals surface area contributed by atoms with Crippen molar-refractivity contribution in [2.24, 2.45) is 4.99 Å². The highest BCUT2D eigenvalue weighted by molar-refractivity contribution is 6.18. The minimum atomic E-state index is -1.31. The summed E-state index contributed by atoms with van der Waals surface area (Å²) < 4.78 is 16.3. The van der Waals surface area contributed by atoms with E-state index in [-0.39, 0.29) is 5.75 Å². The van der Waals surface area contributed by atoms with Gasteiger partial charge < -0.3 is 24.4 Å². The minimum absolute atomic E-state index is 0.0142. The fourth-order valence-corrected chi connectivity index (χ4v) is 4.06. The van der Waals surface area contributed by atoms with Crippen LogP contribution in [0.4, 0.5) is 0 Å². The maximum atomic E-state index is 11.4. The van der Waals surface area contributed by atoms with Gasteiger partial charge in [0.15, 0.2) is 11.5 Å². The third-order valence-electron chi connectivity index (χ3n) is 5.24. The lowest BCUT2D eigenvalue weighted by Gasteiger charge is -2.38. The first-order valence-corrected chi connectivity index (χ1v) is 8.42. The van der Waals surface area contributed by atoms with Gasteiger partial charge in [-0.15, -0.1) is 0 Å². The van der Waals surface area contributed by atoms with E-state index in [0.717, 1.165) is 16.7 Å². The third kappa shape index (κ3) is 1.99. The molecule has 1 aliphatic carbocycles. The number of phenols is 1. The Hall–Kier alpha value is -2.73. The van der Waals surface area contributed by atoms with Crippen molar-refractivity contribution in [3.05, 3.63) is 34.9 Å². The number of fused-ring (bicyclic) bond motifs is 2. The van der Waals surface area contributed by atoms with Gasteiger partial charge in [-0.2, -0.15) is 0 Å². The van der Waals surface area contributed by atoms with Gasteiger partial charge in [-0.05, 0) is 31.0 Å². The van der Waals surface area contributed by atoms with Crippen LogP contribution in [-0.4, -0.2) is 43.8 Å². The summed E-state index contributed by atoms with van der Waals surface area (Å²) >= 11 is 0. The van der Waals surface area contributed by atoms with Gasteiger partial charge in [0.2, 0.25) is 5.75 Å². The highest BCUT2D eigenvalue weighted by atomic mass is 16.5. The van der Waals surface area contributed by atoms with Crippen molar-refractivity contribution < 1.29 is 24.4 Å². The van der Waals surface area contributed by atoms with Crippen molar-refractivity contribution in [3.8, 4) is 34.1 Å². The zero-order valence-electron chi connectivity index (χ0n) is 15.2. The van der Waals surface area contributed by atoms with Gasteiger partial charge in [0.1, 0.15) is 11.4 Å². The van der Waals surface area contributed by atoms with E-state index in [1.807, 2.05) is 12.1 Å². The van der Waals surface area contributed by atoms with Crippen LogP contribution >= 0.6 is 0 Å². The molecule has 0 radical (unpaired) electrons. The zero-order chi connectivity index (χ0) is 18.6. The van der Waals surface area contributed by atoms with Gasteiger partial charge >= 0.3 is 0 Å². The van der Waals surface area contributed by atoms with Crippen LogP contribution in [-0.2, 0) is 12.0 Å². The molecule has 136 valence electrons. The van der Waals surface area contributed by atoms with Crippen molar-refractivity contribution in [2.45, 2.75) is 18.9 Å². The number of rotatable bonds is 3. The molecule has 1 atom stereocenters. The summed E-state index contributed by atoms with van der Waals surface area (Å²) in [7, 11) is 4.63. The summed E-state index contributed by atoms with van der Waals surface area (Å²) in [6.07, 6.45) is 0.646. The molecule has 4 rings (SSSR count). The second-order valence-electron chi connectivity index (χ2n) is 6.61. The molecular formula is C20H21NO5. The summed E-state index contributed by atoms with van der Waals surface area (Å²) in [6, 6.07) is 5.43. The molecule has 6 nitrogen and oxygen atoms in total. The molecule has 2 N–H and O–H groups in total. The number of aliphatic hydroxyl groups is 1. The Kier molecular flexibility index (Phi) is 3.63. The van der Waals surface area contributed by atoms with E-state index in [9.17, 15) is 10.2 Å². The first kappa shape index (κ1) is 16.7. The Bertz CT molecular complexity index is 946. The Balaban J connectivity index is 2.17. The van der Waals surface area contributed by atoms with E-state index in [4.69, 9.17) is 14.2 Å². The van der Waals surface area contributed by atoms with E-state index in [1.54, 1.807) is 27.2 Å². The van der Waals surface area contributed by atoms with Crippen molar-refractivity contribution in [2.75, 3.05) is 27.9 Å². The number of hydrogen-bond donors (Lipinski definition) is 2. The standard InChI is InChI=1S/C20H21NO5/c1-20(23)13-9-10(24-2)5-6-11(13)14-15-12(7-8-21-19(15)20)17(25-3)18(26-4)16(14)22/h5-6,9,22-23H,7-8H2,1-4H3/t20-/m1/s1. The summed E-state index contributed by atoms with van der Waals surface area (Å²) in [4.78, 5) is 4.60. The highest BCUT2D eigenvalue weighted by Crippen LogP contribution is 2.55. The van der Waals surface area contributed by atoms with Crippen LogP contribution < -0.4 is 14.2 Å². The molecular weight excluding hydrogens is 334 g/mol. The van der Waals surface area contributed by atoms with E-state index in [0.29, 0.717) is 47.1 Å². The number of aromatic hydroxyl groups is 1. The third-order valence-corrected chi connectivity index (χ3v) is 5.24. The molecule has 0 bridgehead atoms. The van der Waals surface area contributed by atoms with Gasteiger partial charge in [0.25, 0.3) is 0 Å². The molecule has 26 heavy (non-hydrogen) atoms. The smallest absolute Gasteiger partial charge is 0.204 e. The second kappa shape index (κ2) is 5.64. The van der Waals surface area contributed by atoms with Crippen molar-refractivity contribution in [3.63, 3.8) is 0 Å². The lowest BCUT2D eigenvalue weighted by molar-refractivity contribution is 0.132. The van der Waals surface area contributed by atoms with Crippen LogP contribution in [0.5, 0.6) is 23.0 Å². The van der Waals surface area contributed by atoms with Gasteiger partial charge in [0.05, 0.1) is 27.0 Å². The molecule has 2 aromatic rings. The number of aliphatic imine (C=N–C) groups is 1. The fraction of sp³-hybridized carbons (Fsp3) is 0.350. The predicted octanol–water partition coefficient (Wildman–Crippen LogP) is 2.65. The molecule has 1 aliphatic heterocycles. The average Bonchev–Trinajstić information content (AvgIpc) is 2.65. The van der Waals surface area contributed by atoms with Crippen molar-refractivity contribution >= 4 is 5.71 Å². The van der Waals surface area contributed by atoms with E-state index in [1.165, 1.54) is 7.11 Å². The Morgan fingerprint density at radius 3 is 2.42 bits per heavy atom. The van der Waals surface area contributed by atoms with Crippen LogP contribution in [0.1, 0.15) is 23.6 Å². The molecule has 2 aromatic carbocycles. The molecule has 0 fully saturated rings. The highest BCUT2D eigenvalue weighted by Gasteiger charge is 2.44. The van der Waals surface area contributed by atoms with E-state index < -0.39 is 5.60 Å². The maximum absolute atomic E-state index is 11.4. The molecule has 0 unspecified atom stereocenters. The maximum Gasteiger partial charge on any atom is 0.204 e. The van der Waals surface area contributed by atoms with Gasteiger partial charge in [-0.25, -0.2) is 0 Å². The molecule has 0 amide bonds. The number of nitrogens with zero attached hydrogens (tertiary/aromatic N) is 1. The Morgan fingerprint density at radius 1 is 1.04 bits per heavy atom. The van der Waals surface area contributed by atoms with E-state index >= 15 is 0 Å². The summed E-state index contributed by atoms with van der Waals surface area (Å²) in [5.41, 5.74) is 2.83. The summed E-state index contributed by atoms with van der Waals surface area (Å²) in [5, 5.41) is 22.3. The molecule has 0 saturated carbocycles. The average molecular weight is 355 g/mol. The molecule has 0 aromatic heterocycles. The van der Waals surface area contributed by atoms with Crippen LogP contribution in [0.2, 0.25) is 0 Å². The number of ether oxygens (including phenoxy) is 3. The van der Waals surface area contributed by atoms with Crippen LogP contribution in [0.3, 0.4) is 0 Å². The topological polar surface area (TPSA) is 80.5 Å². The van der Waals surface area contributed by atoms with Crippen LogP contribution in [0, 0.1) is 0 Å². The lowest BCUT2D eigenvalue weighted by atomic mass is 9.71. The summed E-state index contributed by atoms with van der Waals surface area (Å²) in [6.45, 7) is 2.25. The van der Waals surface area contributed by atoms with Gasteiger partial charge in [0, 0.05) is 28.8 Å². The molecule has 6 heteroatoms. The Labute approximate surface area is 151 Å². The number of phenolic OH excluding ortho intramolecular Hbond substituents is 1. The molecule has 2 aliphatic rings. The second-order valence-corrected chi connectivity index (χ2v) is 6.61. The van der Waals surface area contributed by atoms with Gasteiger partial charge in [-0.3, -0.25) is 4.99 Å². The molecule has 0 spiro atoms. The van der Waals surface area contributed by atoms with Crippen molar-refractivity contribution in [1.82, 2.24) is 0 Å². The first-order chi connectivity index (χ1) is 12.5. The van der Waals surface area contributed by atoms with Crippen molar-refractivity contribution in [1.29, 1.82) is 0 Å². The van der Waals surface area contributed by atoms with E-state index in [2.05, 4.69) is 4.99 Å². The lowest BCUT2D eigenvalue weighted by Crippen LogP contribution is -2.39. The first-order valence-electron chi connectivity index (χ1n) is 8.42. The summed E-state index contributed by atoms with van der Waals surface area (Å²) in [5.74, 6) is 1.40.